The largest absolute Gasteiger partial charge is 0.398 e. The number of carbonyl (C=O) groups is 1. The van der Waals surface area contributed by atoms with Crippen LogP contribution >= 0.6 is 0 Å². The Balaban J connectivity index is 2.21. The van der Waals surface area contributed by atoms with Crippen molar-refractivity contribution in [2.45, 2.75) is 19.9 Å². The van der Waals surface area contributed by atoms with Crippen LogP contribution in [0.25, 0.3) is 0 Å². The van der Waals surface area contributed by atoms with Gasteiger partial charge in [-0.2, -0.15) is 5.26 Å². The van der Waals surface area contributed by atoms with Crippen molar-refractivity contribution in [3.8, 4) is 6.07 Å². The first kappa shape index (κ1) is 13.6. The van der Waals surface area contributed by atoms with Crippen LogP contribution in [0.2, 0.25) is 0 Å². The lowest BCUT2D eigenvalue weighted by Gasteiger charge is -2.16. The third-order valence-electron chi connectivity index (χ3n) is 3.20. The third-order valence-corrected chi connectivity index (χ3v) is 3.20. The Bertz CT molecular complexity index is 683. The zero-order valence-electron chi connectivity index (χ0n) is 11.3. The monoisotopic (exact) mass is 269 g/mol. The number of nitriles is 1. The molecular weight excluding hydrogens is 254 g/mol. The summed E-state index contributed by atoms with van der Waals surface area (Å²) in [5.74, 6) is -0.0230. The summed E-state index contributed by atoms with van der Waals surface area (Å²) in [7, 11) is 0. The molecule has 0 bridgehead atoms. The van der Waals surface area contributed by atoms with Gasteiger partial charge in [-0.3, -0.25) is 4.79 Å². The lowest BCUT2D eigenvalue weighted by atomic mass is 10.1. The molecule has 1 aromatic heterocycles. The summed E-state index contributed by atoms with van der Waals surface area (Å²) in [6, 6.07) is 6.75. The Morgan fingerprint density at radius 1 is 1.55 bits per heavy atom. The molecule has 1 unspecified atom stereocenters. The first-order valence-electron chi connectivity index (χ1n) is 6.13. The minimum atomic E-state index is -0.534. The summed E-state index contributed by atoms with van der Waals surface area (Å²) in [4.78, 5) is 16.1. The highest BCUT2D eigenvalue weighted by molar-refractivity contribution is 5.94. The average molecular weight is 269 g/mol. The van der Waals surface area contributed by atoms with Crippen molar-refractivity contribution in [2.24, 2.45) is 0 Å². The van der Waals surface area contributed by atoms with E-state index in [9.17, 15) is 4.79 Å². The topological polar surface area (TPSA) is 96.7 Å². The first-order chi connectivity index (χ1) is 9.54. The van der Waals surface area contributed by atoms with Gasteiger partial charge in [0.2, 0.25) is 11.7 Å². The minimum absolute atomic E-state index is 0.206. The Labute approximate surface area is 116 Å². The van der Waals surface area contributed by atoms with Gasteiger partial charge >= 0.3 is 0 Å². The van der Waals surface area contributed by atoms with Gasteiger partial charge in [0.25, 0.3) is 0 Å². The molecule has 0 aliphatic heterocycles. The van der Waals surface area contributed by atoms with Crippen LogP contribution in [0.1, 0.15) is 24.4 Å². The zero-order chi connectivity index (χ0) is 14.7. The predicted molar refractivity (Wildman–Crippen MR) is 75.9 cm³/mol. The standard InChI is InChI=1S/C14H15N5O/c1-9-11(16)4-3-5-12(9)18-14(20)10(2)19-7-6-17-13(19)8-15/h3-7,10H,16H2,1-2H3,(H,18,20). The number of aromatic nitrogens is 2. The second kappa shape index (κ2) is 5.45. The van der Waals surface area contributed by atoms with E-state index in [1.54, 1.807) is 31.3 Å². The number of nitrogens with one attached hydrogen (secondary N) is 1. The number of hydrogen-bond acceptors (Lipinski definition) is 4. The van der Waals surface area contributed by atoms with Crippen molar-refractivity contribution in [1.29, 1.82) is 5.26 Å². The fourth-order valence-corrected chi connectivity index (χ4v) is 1.86. The number of nitrogen functional groups attached to an aromatic ring is 1. The van der Waals surface area contributed by atoms with Crippen LogP contribution in [0.15, 0.2) is 30.6 Å². The molecular formula is C14H15N5O. The van der Waals surface area contributed by atoms with Crippen LogP contribution in [0.4, 0.5) is 11.4 Å². The maximum atomic E-state index is 12.2. The summed E-state index contributed by atoms with van der Waals surface area (Å²) in [6.07, 6.45) is 3.10. The Hall–Kier alpha value is -2.81. The van der Waals surface area contributed by atoms with Crippen LogP contribution < -0.4 is 11.1 Å². The summed E-state index contributed by atoms with van der Waals surface area (Å²) in [6.45, 7) is 3.55. The Morgan fingerprint density at radius 3 is 3.00 bits per heavy atom. The maximum absolute atomic E-state index is 12.2. The smallest absolute Gasteiger partial charge is 0.247 e. The number of imidazole rings is 1. The number of anilines is 2. The number of benzene rings is 1. The molecule has 0 radical (unpaired) electrons. The summed E-state index contributed by atoms with van der Waals surface area (Å²) in [5, 5.41) is 11.7. The molecule has 1 heterocycles. The fraction of sp³-hybridized carbons (Fsp3) is 0.214. The van der Waals surface area contributed by atoms with E-state index in [-0.39, 0.29) is 11.7 Å². The van der Waals surface area contributed by atoms with Gasteiger partial charge in [0.15, 0.2) is 0 Å². The number of carbonyl (C=O) groups excluding carboxylic acids is 1. The minimum Gasteiger partial charge on any atom is -0.398 e. The van der Waals surface area contributed by atoms with Crippen molar-refractivity contribution < 1.29 is 4.79 Å². The van der Waals surface area contributed by atoms with Gasteiger partial charge in [-0.1, -0.05) is 6.07 Å². The van der Waals surface area contributed by atoms with E-state index in [4.69, 9.17) is 11.0 Å². The van der Waals surface area contributed by atoms with E-state index >= 15 is 0 Å². The molecule has 0 aliphatic carbocycles. The van der Waals surface area contributed by atoms with Crippen LogP contribution in [-0.2, 0) is 4.79 Å². The summed E-state index contributed by atoms with van der Waals surface area (Å²) < 4.78 is 1.52. The van der Waals surface area contributed by atoms with E-state index in [2.05, 4.69) is 10.3 Å². The number of amides is 1. The van der Waals surface area contributed by atoms with Crippen molar-refractivity contribution in [3.63, 3.8) is 0 Å². The van der Waals surface area contributed by atoms with E-state index < -0.39 is 6.04 Å². The van der Waals surface area contributed by atoms with Crippen molar-refractivity contribution >= 4 is 17.3 Å². The zero-order valence-corrected chi connectivity index (χ0v) is 11.3. The Kier molecular flexibility index (Phi) is 3.71. The SMILES string of the molecule is Cc1c(N)cccc1NC(=O)C(C)n1ccnc1C#N. The highest BCUT2D eigenvalue weighted by atomic mass is 16.2. The van der Waals surface area contributed by atoms with Gasteiger partial charge in [0, 0.05) is 23.8 Å². The maximum Gasteiger partial charge on any atom is 0.247 e. The van der Waals surface area contributed by atoms with E-state index in [1.807, 2.05) is 13.0 Å². The lowest BCUT2D eigenvalue weighted by Crippen LogP contribution is -2.24. The van der Waals surface area contributed by atoms with Gasteiger partial charge < -0.3 is 15.6 Å². The molecule has 6 nitrogen and oxygen atoms in total. The van der Waals surface area contributed by atoms with Gasteiger partial charge in [0.05, 0.1) is 0 Å². The van der Waals surface area contributed by atoms with E-state index in [0.29, 0.717) is 11.4 Å². The quantitative estimate of drug-likeness (QED) is 0.831. The summed E-state index contributed by atoms with van der Waals surface area (Å²) in [5.41, 5.74) is 7.91. The molecule has 0 saturated carbocycles. The first-order valence-corrected chi connectivity index (χ1v) is 6.13. The molecule has 2 rings (SSSR count). The van der Waals surface area contributed by atoms with Crippen molar-refractivity contribution in [1.82, 2.24) is 9.55 Å². The molecule has 3 N–H and O–H groups in total. The second-order valence-electron chi connectivity index (χ2n) is 4.45. The molecule has 20 heavy (non-hydrogen) atoms. The molecule has 6 heteroatoms. The van der Waals surface area contributed by atoms with E-state index in [1.165, 1.54) is 10.8 Å². The number of nitrogens with two attached hydrogens (primary N) is 1. The van der Waals surface area contributed by atoms with E-state index in [0.717, 1.165) is 5.56 Å². The highest BCUT2D eigenvalue weighted by Gasteiger charge is 2.18. The third kappa shape index (κ3) is 2.47. The van der Waals surface area contributed by atoms with Crippen LogP contribution in [0.3, 0.4) is 0 Å². The molecule has 102 valence electrons. The fourth-order valence-electron chi connectivity index (χ4n) is 1.86. The molecule has 1 amide bonds. The molecule has 0 fully saturated rings. The Morgan fingerprint density at radius 2 is 2.30 bits per heavy atom. The predicted octanol–water partition coefficient (Wildman–Crippen LogP) is 1.85. The molecule has 0 aliphatic rings. The second-order valence-corrected chi connectivity index (χ2v) is 4.45. The summed E-state index contributed by atoms with van der Waals surface area (Å²) >= 11 is 0. The average Bonchev–Trinajstić information content (AvgIpc) is 2.91. The lowest BCUT2D eigenvalue weighted by molar-refractivity contribution is -0.118. The number of nitrogens with zero attached hydrogens (tertiary/aromatic N) is 3. The normalized spacial score (nSPS) is 11.7. The van der Waals surface area contributed by atoms with Gasteiger partial charge in [0.1, 0.15) is 12.1 Å². The van der Waals surface area contributed by atoms with Crippen LogP contribution in [0.5, 0.6) is 0 Å². The molecule has 0 spiro atoms. The number of hydrogen-bond donors (Lipinski definition) is 2. The molecule has 2 aromatic rings. The highest BCUT2D eigenvalue weighted by Crippen LogP contribution is 2.21. The molecule has 1 atom stereocenters. The number of rotatable bonds is 3. The van der Waals surface area contributed by atoms with Crippen molar-refractivity contribution in [3.05, 3.63) is 42.0 Å². The van der Waals surface area contributed by atoms with Gasteiger partial charge in [-0.05, 0) is 31.5 Å². The van der Waals surface area contributed by atoms with Gasteiger partial charge in [-0.25, -0.2) is 4.98 Å². The van der Waals surface area contributed by atoms with Gasteiger partial charge in [-0.15, -0.1) is 0 Å². The van der Waals surface area contributed by atoms with Crippen molar-refractivity contribution in [2.75, 3.05) is 11.1 Å². The van der Waals surface area contributed by atoms with Crippen LogP contribution in [0, 0.1) is 18.3 Å². The van der Waals surface area contributed by atoms with Crippen LogP contribution in [-0.4, -0.2) is 15.5 Å². The molecule has 0 saturated heterocycles. The molecule has 1 aromatic carbocycles.